The molecular formula is C13H14N6O. The summed E-state index contributed by atoms with van der Waals surface area (Å²) < 4.78 is 3.56. The molecule has 7 nitrogen and oxygen atoms in total. The van der Waals surface area contributed by atoms with Crippen LogP contribution in [0.3, 0.4) is 0 Å². The van der Waals surface area contributed by atoms with E-state index in [1.54, 1.807) is 35.7 Å². The third-order valence-electron chi connectivity index (χ3n) is 3.24. The van der Waals surface area contributed by atoms with Gasteiger partial charge >= 0.3 is 0 Å². The average Bonchev–Trinajstić information content (AvgIpc) is 2.94. The first-order chi connectivity index (χ1) is 9.79. The van der Waals surface area contributed by atoms with Crippen molar-refractivity contribution in [2.45, 2.75) is 26.4 Å². The van der Waals surface area contributed by atoms with Crippen LogP contribution in [0, 0.1) is 0 Å². The van der Waals surface area contributed by atoms with Crippen LogP contribution in [0.1, 0.15) is 12.7 Å². The number of hydrogen-bond donors (Lipinski definition) is 0. The molecule has 7 heteroatoms. The van der Waals surface area contributed by atoms with Gasteiger partial charge in [-0.2, -0.15) is 0 Å². The fraction of sp³-hybridized carbons (Fsp3) is 0.308. The second kappa shape index (κ2) is 5.20. The summed E-state index contributed by atoms with van der Waals surface area (Å²) in [5.41, 5.74) is 0.561. The Morgan fingerprint density at radius 3 is 3.00 bits per heavy atom. The summed E-state index contributed by atoms with van der Waals surface area (Å²) in [6.45, 7) is 3.38. The molecule has 0 N–H and O–H groups in total. The van der Waals surface area contributed by atoms with Gasteiger partial charge in [-0.3, -0.25) is 14.3 Å². The number of hydrogen-bond acceptors (Lipinski definition) is 5. The molecule has 0 bridgehead atoms. The third-order valence-corrected chi connectivity index (χ3v) is 3.24. The molecule has 3 heterocycles. The largest absolute Gasteiger partial charge is 0.318 e. The summed E-state index contributed by atoms with van der Waals surface area (Å²) in [7, 11) is 0. The van der Waals surface area contributed by atoms with Crippen LogP contribution in [0.25, 0.3) is 10.9 Å². The molecule has 0 aliphatic carbocycles. The molecule has 20 heavy (non-hydrogen) atoms. The molecule has 0 saturated carbocycles. The molecule has 0 atom stereocenters. The van der Waals surface area contributed by atoms with Crippen LogP contribution in [0.4, 0.5) is 0 Å². The van der Waals surface area contributed by atoms with Crippen molar-refractivity contribution in [3.8, 4) is 0 Å². The van der Waals surface area contributed by atoms with Crippen molar-refractivity contribution >= 4 is 10.9 Å². The molecule has 3 aromatic heterocycles. The maximum Gasteiger partial charge on any atom is 0.261 e. The zero-order valence-corrected chi connectivity index (χ0v) is 11.1. The second-order valence-electron chi connectivity index (χ2n) is 4.42. The first-order valence-electron chi connectivity index (χ1n) is 6.45. The van der Waals surface area contributed by atoms with Gasteiger partial charge in [-0.1, -0.05) is 0 Å². The lowest BCUT2D eigenvalue weighted by molar-refractivity contribution is 0.607. The Kier molecular flexibility index (Phi) is 3.24. The minimum Gasteiger partial charge on any atom is -0.318 e. The molecule has 0 aliphatic heterocycles. The Morgan fingerprint density at radius 1 is 1.25 bits per heavy atom. The highest BCUT2D eigenvalue weighted by Gasteiger charge is 2.06. The van der Waals surface area contributed by atoms with Gasteiger partial charge in [0.1, 0.15) is 12.2 Å². The van der Waals surface area contributed by atoms with Gasteiger partial charge in [0, 0.05) is 25.7 Å². The quantitative estimate of drug-likeness (QED) is 0.695. The number of fused-ring (bicyclic) bond motifs is 1. The van der Waals surface area contributed by atoms with Crippen LogP contribution in [-0.2, 0) is 19.5 Å². The Morgan fingerprint density at radius 2 is 2.15 bits per heavy atom. The zero-order valence-electron chi connectivity index (χ0n) is 11.1. The first kappa shape index (κ1) is 12.5. The van der Waals surface area contributed by atoms with Crippen LogP contribution < -0.4 is 5.56 Å². The van der Waals surface area contributed by atoms with Crippen molar-refractivity contribution in [2.75, 3.05) is 0 Å². The summed E-state index contributed by atoms with van der Waals surface area (Å²) in [4.78, 5) is 20.5. The number of pyridine rings is 1. The van der Waals surface area contributed by atoms with E-state index in [1.807, 2.05) is 11.5 Å². The van der Waals surface area contributed by atoms with Gasteiger partial charge in [0.2, 0.25) is 0 Å². The fourth-order valence-electron chi connectivity index (χ4n) is 2.13. The van der Waals surface area contributed by atoms with Crippen molar-refractivity contribution in [1.29, 1.82) is 0 Å². The highest BCUT2D eigenvalue weighted by atomic mass is 16.1. The van der Waals surface area contributed by atoms with Crippen molar-refractivity contribution in [2.24, 2.45) is 0 Å². The van der Waals surface area contributed by atoms with Crippen molar-refractivity contribution in [1.82, 2.24) is 29.3 Å². The number of nitrogens with zero attached hydrogens (tertiary/aromatic N) is 6. The van der Waals surface area contributed by atoms with E-state index < -0.39 is 0 Å². The topological polar surface area (TPSA) is 78.5 Å². The molecule has 0 fully saturated rings. The lowest BCUT2D eigenvalue weighted by atomic mass is 10.3. The number of rotatable bonds is 4. The second-order valence-corrected chi connectivity index (χ2v) is 4.42. The van der Waals surface area contributed by atoms with E-state index in [4.69, 9.17) is 0 Å². The van der Waals surface area contributed by atoms with Crippen LogP contribution in [0.5, 0.6) is 0 Å². The fourth-order valence-corrected chi connectivity index (χ4v) is 2.13. The van der Waals surface area contributed by atoms with E-state index in [0.717, 1.165) is 12.4 Å². The van der Waals surface area contributed by atoms with E-state index in [9.17, 15) is 4.79 Å². The van der Waals surface area contributed by atoms with Crippen LogP contribution >= 0.6 is 0 Å². The molecule has 0 unspecified atom stereocenters. The number of aryl methyl sites for hydroxylation is 3. The van der Waals surface area contributed by atoms with Crippen LogP contribution in [-0.4, -0.2) is 29.3 Å². The Bertz CT molecular complexity index is 791. The summed E-state index contributed by atoms with van der Waals surface area (Å²) in [5, 5.41) is 8.52. The molecule has 0 radical (unpaired) electrons. The highest BCUT2D eigenvalue weighted by molar-refractivity contribution is 5.75. The van der Waals surface area contributed by atoms with Gasteiger partial charge in [0.05, 0.1) is 23.4 Å². The van der Waals surface area contributed by atoms with Gasteiger partial charge in [0.25, 0.3) is 5.56 Å². The third kappa shape index (κ3) is 2.18. The van der Waals surface area contributed by atoms with E-state index in [0.29, 0.717) is 23.9 Å². The summed E-state index contributed by atoms with van der Waals surface area (Å²) in [6.07, 6.45) is 7.09. The normalized spacial score (nSPS) is 11.1. The van der Waals surface area contributed by atoms with Crippen LogP contribution in [0.2, 0.25) is 0 Å². The molecule has 0 saturated heterocycles. The summed E-state index contributed by atoms with van der Waals surface area (Å²) in [5.74, 6) is 0.870. The van der Waals surface area contributed by atoms with Crippen molar-refractivity contribution < 1.29 is 0 Å². The van der Waals surface area contributed by atoms with E-state index in [1.165, 1.54) is 0 Å². The predicted molar refractivity (Wildman–Crippen MR) is 73.2 cm³/mol. The first-order valence-corrected chi connectivity index (χ1v) is 6.45. The standard InChI is InChI=1S/C13H14N6O/c1-2-18-9-16-17-12(18)4-6-19-8-15-11-7-14-5-3-10(11)13(19)20/h3,5,7-9H,2,4,6H2,1H3. The van der Waals surface area contributed by atoms with Crippen molar-refractivity contribution in [3.63, 3.8) is 0 Å². The monoisotopic (exact) mass is 270 g/mol. The maximum atomic E-state index is 12.3. The van der Waals surface area contributed by atoms with Gasteiger partial charge in [0.15, 0.2) is 0 Å². The van der Waals surface area contributed by atoms with Crippen molar-refractivity contribution in [3.05, 3.63) is 47.3 Å². The predicted octanol–water partition coefficient (Wildman–Crippen LogP) is 0.646. The lowest BCUT2D eigenvalue weighted by Gasteiger charge is -2.06. The maximum absolute atomic E-state index is 12.3. The van der Waals surface area contributed by atoms with Gasteiger partial charge in [-0.25, -0.2) is 4.98 Å². The Hall–Kier alpha value is -2.57. The summed E-state index contributed by atoms with van der Waals surface area (Å²) in [6, 6.07) is 1.69. The van der Waals surface area contributed by atoms with E-state index >= 15 is 0 Å². The average molecular weight is 270 g/mol. The SMILES string of the molecule is CCn1cnnc1CCn1cnc2cnccc2c1=O. The molecule has 0 amide bonds. The molecule has 0 aromatic carbocycles. The molecule has 102 valence electrons. The lowest BCUT2D eigenvalue weighted by Crippen LogP contribution is -2.22. The highest BCUT2D eigenvalue weighted by Crippen LogP contribution is 2.03. The summed E-state index contributed by atoms with van der Waals surface area (Å²) >= 11 is 0. The Labute approximate surface area is 114 Å². The van der Waals surface area contributed by atoms with Gasteiger partial charge in [-0.05, 0) is 13.0 Å². The molecule has 3 rings (SSSR count). The minimum atomic E-state index is -0.0556. The Balaban J connectivity index is 1.88. The number of aromatic nitrogens is 6. The molecule has 0 aliphatic rings. The molecule has 0 spiro atoms. The van der Waals surface area contributed by atoms with Gasteiger partial charge in [-0.15, -0.1) is 10.2 Å². The smallest absolute Gasteiger partial charge is 0.261 e. The van der Waals surface area contributed by atoms with E-state index in [2.05, 4.69) is 20.2 Å². The van der Waals surface area contributed by atoms with Crippen LogP contribution in [0.15, 0.2) is 35.9 Å². The van der Waals surface area contributed by atoms with E-state index in [-0.39, 0.29) is 5.56 Å². The molecule has 3 aromatic rings. The van der Waals surface area contributed by atoms with Gasteiger partial charge < -0.3 is 4.57 Å². The minimum absolute atomic E-state index is 0.0556. The zero-order chi connectivity index (χ0) is 13.9. The molecular weight excluding hydrogens is 256 g/mol.